The minimum Gasteiger partial charge on any atom is -0.334 e. The van der Waals surface area contributed by atoms with E-state index in [0.29, 0.717) is 0 Å². The Bertz CT molecular complexity index is 500. The number of nitro groups is 1. The Kier molecular flexibility index (Phi) is 2.77. The molecule has 0 fully saturated rings. The number of rotatable bonds is 3. The van der Waals surface area contributed by atoms with Gasteiger partial charge in [0.25, 0.3) is 0 Å². The standard InChI is InChI=1S/C11H8N3O2/c15-14(16)10-7-4-8-12-11(10)13-9-5-2-1-3-6-9/h2-8H,(H,12,13). The number of nitrogens with one attached hydrogen (secondary N) is 1. The van der Waals surface area contributed by atoms with Gasteiger partial charge in [-0.05, 0) is 24.3 Å². The molecule has 1 radical (unpaired) electrons. The van der Waals surface area contributed by atoms with Crippen LogP contribution in [-0.4, -0.2) is 9.91 Å². The van der Waals surface area contributed by atoms with E-state index in [1.807, 2.05) is 0 Å². The molecule has 0 saturated carbocycles. The van der Waals surface area contributed by atoms with Crippen LogP contribution in [0.2, 0.25) is 0 Å². The Morgan fingerprint density at radius 3 is 2.75 bits per heavy atom. The van der Waals surface area contributed by atoms with Crippen LogP contribution in [0.4, 0.5) is 17.2 Å². The number of aromatic nitrogens is 1. The van der Waals surface area contributed by atoms with E-state index >= 15 is 0 Å². The molecule has 5 heteroatoms. The average Bonchev–Trinajstić information content (AvgIpc) is 2.31. The minimum atomic E-state index is -0.468. The second-order valence-electron chi connectivity index (χ2n) is 3.04. The van der Waals surface area contributed by atoms with Crippen LogP contribution in [0.25, 0.3) is 0 Å². The molecule has 0 atom stereocenters. The summed E-state index contributed by atoms with van der Waals surface area (Å²) < 4.78 is 0. The van der Waals surface area contributed by atoms with Gasteiger partial charge in [-0.15, -0.1) is 0 Å². The maximum Gasteiger partial charge on any atom is 0.311 e. The zero-order valence-electron chi connectivity index (χ0n) is 8.25. The van der Waals surface area contributed by atoms with E-state index < -0.39 is 4.92 Å². The predicted molar refractivity (Wildman–Crippen MR) is 59.5 cm³/mol. The summed E-state index contributed by atoms with van der Waals surface area (Å²) in [5, 5.41) is 13.6. The summed E-state index contributed by atoms with van der Waals surface area (Å²) in [6, 6.07) is 12.8. The maximum absolute atomic E-state index is 10.7. The monoisotopic (exact) mass is 214 g/mol. The molecule has 0 bridgehead atoms. The van der Waals surface area contributed by atoms with Crippen molar-refractivity contribution >= 4 is 17.2 Å². The Hall–Kier alpha value is -2.43. The summed E-state index contributed by atoms with van der Waals surface area (Å²) in [5.74, 6) is 0.235. The molecule has 1 N–H and O–H groups in total. The number of benzene rings is 1. The van der Waals surface area contributed by atoms with E-state index in [2.05, 4.69) is 16.4 Å². The highest BCUT2D eigenvalue weighted by Gasteiger charge is 2.13. The molecule has 79 valence electrons. The van der Waals surface area contributed by atoms with E-state index in [0.717, 1.165) is 5.69 Å². The highest BCUT2D eigenvalue weighted by atomic mass is 16.6. The van der Waals surface area contributed by atoms with Crippen LogP contribution >= 0.6 is 0 Å². The summed E-state index contributed by atoms with van der Waals surface area (Å²) in [4.78, 5) is 14.2. The fraction of sp³-hybridized carbons (Fsp3) is 0. The third kappa shape index (κ3) is 2.14. The predicted octanol–water partition coefficient (Wildman–Crippen LogP) is 2.53. The molecule has 0 aliphatic rings. The van der Waals surface area contributed by atoms with Gasteiger partial charge in [-0.25, -0.2) is 4.98 Å². The van der Waals surface area contributed by atoms with Crippen LogP contribution in [0.3, 0.4) is 0 Å². The molecule has 2 rings (SSSR count). The number of pyridine rings is 1. The quantitative estimate of drug-likeness (QED) is 0.629. The molecule has 1 heterocycles. The van der Waals surface area contributed by atoms with Crippen LogP contribution < -0.4 is 5.32 Å². The van der Waals surface area contributed by atoms with Gasteiger partial charge in [0.1, 0.15) is 0 Å². The molecule has 0 spiro atoms. The first-order valence-corrected chi connectivity index (χ1v) is 4.60. The van der Waals surface area contributed by atoms with Crippen molar-refractivity contribution in [1.29, 1.82) is 0 Å². The fourth-order valence-corrected chi connectivity index (χ4v) is 1.25. The van der Waals surface area contributed by atoms with E-state index in [1.165, 1.54) is 18.3 Å². The van der Waals surface area contributed by atoms with Crippen LogP contribution in [0, 0.1) is 16.2 Å². The Balaban J connectivity index is 2.31. The van der Waals surface area contributed by atoms with Gasteiger partial charge in [-0.3, -0.25) is 10.1 Å². The Morgan fingerprint density at radius 1 is 1.31 bits per heavy atom. The van der Waals surface area contributed by atoms with Gasteiger partial charge in [0.15, 0.2) is 0 Å². The van der Waals surface area contributed by atoms with Crippen molar-refractivity contribution < 1.29 is 4.92 Å². The number of hydrogen-bond acceptors (Lipinski definition) is 4. The third-order valence-electron chi connectivity index (χ3n) is 1.96. The van der Waals surface area contributed by atoms with Crippen LogP contribution in [0.5, 0.6) is 0 Å². The maximum atomic E-state index is 10.7. The topological polar surface area (TPSA) is 68.1 Å². The molecule has 1 aromatic heterocycles. The lowest BCUT2D eigenvalue weighted by Crippen LogP contribution is -1.98. The van der Waals surface area contributed by atoms with Crippen molar-refractivity contribution in [3.05, 3.63) is 58.8 Å². The smallest absolute Gasteiger partial charge is 0.311 e. The molecule has 0 aliphatic carbocycles. The van der Waals surface area contributed by atoms with E-state index in [-0.39, 0.29) is 11.5 Å². The molecule has 1 aromatic carbocycles. The lowest BCUT2D eigenvalue weighted by molar-refractivity contribution is -0.384. The lowest BCUT2D eigenvalue weighted by atomic mass is 10.3. The number of nitrogens with zero attached hydrogens (tertiary/aromatic N) is 2. The highest BCUT2D eigenvalue weighted by molar-refractivity contribution is 5.64. The van der Waals surface area contributed by atoms with Crippen LogP contribution in [0.1, 0.15) is 0 Å². The van der Waals surface area contributed by atoms with Gasteiger partial charge in [-0.1, -0.05) is 12.1 Å². The van der Waals surface area contributed by atoms with Crippen molar-refractivity contribution in [3.63, 3.8) is 0 Å². The van der Waals surface area contributed by atoms with Crippen molar-refractivity contribution in [2.75, 3.05) is 5.32 Å². The van der Waals surface area contributed by atoms with Crippen molar-refractivity contribution in [1.82, 2.24) is 4.98 Å². The van der Waals surface area contributed by atoms with Gasteiger partial charge < -0.3 is 5.32 Å². The number of anilines is 2. The van der Waals surface area contributed by atoms with Gasteiger partial charge in [0.2, 0.25) is 5.82 Å². The molecule has 2 aromatic rings. The summed E-state index contributed by atoms with van der Waals surface area (Å²) in [5.41, 5.74) is 0.691. The molecular formula is C11H8N3O2. The van der Waals surface area contributed by atoms with Crippen molar-refractivity contribution in [3.8, 4) is 0 Å². The molecule has 16 heavy (non-hydrogen) atoms. The molecular weight excluding hydrogens is 206 g/mol. The second kappa shape index (κ2) is 4.39. The average molecular weight is 214 g/mol. The first-order chi connectivity index (χ1) is 7.77. The van der Waals surface area contributed by atoms with Gasteiger partial charge in [0, 0.05) is 18.0 Å². The van der Waals surface area contributed by atoms with Crippen molar-refractivity contribution in [2.24, 2.45) is 0 Å². The second-order valence-corrected chi connectivity index (χ2v) is 3.04. The summed E-state index contributed by atoms with van der Waals surface area (Å²) in [6.07, 6.45) is 1.50. The molecule has 0 unspecified atom stereocenters. The zero-order chi connectivity index (χ0) is 11.4. The largest absolute Gasteiger partial charge is 0.334 e. The van der Waals surface area contributed by atoms with Crippen LogP contribution in [-0.2, 0) is 0 Å². The minimum absolute atomic E-state index is 0.0460. The third-order valence-corrected chi connectivity index (χ3v) is 1.96. The first-order valence-electron chi connectivity index (χ1n) is 4.60. The highest BCUT2D eigenvalue weighted by Crippen LogP contribution is 2.23. The van der Waals surface area contributed by atoms with Gasteiger partial charge >= 0.3 is 5.69 Å². The SMILES string of the molecule is O=[N+]([O-])c1cccnc1Nc1cc[c]cc1. The molecule has 0 aliphatic heterocycles. The summed E-state index contributed by atoms with van der Waals surface area (Å²) in [7, 11) is 0. The van der Waals surface area contributed by atoms with Crippen molar-refractivity contribution in [2.45, 2.75) is 0 Å². The molecule has 0 saturated heterocycles. The Labute approximate surface area is 91.9 Å². The zero-order valence-corrected chi connectivity index (χ0v) is 8.25. The Morgan fingerprint density at radius 2 is 2.06 bits per heavy atom. The van der Waals surface area contributed by atoms with Gasteiger partial charge in [0.05, 0.1) is 4.92 Å². The molecule has 5 nitrogen and oxygen atoms in total. The lowest BCUT2D eigenvalue weighted by Gasteiger charge is -2.04. The van der Waals surface area contributed by atoms with Crippen LogP contribution in [0.15, 0.2) is 42.6 Å². The fourth-order valence-electron chi connectivity index (χ4n) is 1.25. The summed E-state index contributed by atoms with van der Waals surface area (Å²) >= 11 is 0. The van der Waals surface area contributed by atoms with E-state index in [9.17, 15) is 10.1 Å². The number of hydrogen-bond donors (Lipinski definition) is 1. The normalized spacial score (nSPS) is 9.75. The van der Waals surface area contributed by atoms with E-state index in [1.54, 1.807) is 24.3 Å². The van der Waals surface area contributed by atoms with Gasteiger partial charge in [-0.2, -0.15) is 0 Å². The first kappa shape index (κ1) is 10.1. The summed E-state index contributed by atoms with van der Waals surface area (Å²) in [6.45, 7) is 0. The molecule has 0 amide bonds. The van der Waals surface area contributed by atoms with E-state index in [4.69, 9.17) is 0 Å².